The maximum Gasteiger partial charge on any atom is 0.172 e. The van der Waals surface area contributed by atoms with E-state index in [4.69, 9.17) is 0 Å². The largest absolute Gasteiger partial charge is 0.296 e. The molecule has 0 aliphatic rings. The van der Waals surface area contributed by atoms with E-state index < -0.39 is 0 Å². The summed E-state index contributed by atoms with van der Waals surface area (Å²) in [6, 6.07) is 18.3. The van der Waals surface area contributed by atoms with Gasteiger partial charge >= 0.3 is 0 Å². The van der Waals surface area contributed by atoms with Gasteiger partial charge in [0, 0.05) is 6.42 Å². The summed E-state index contributed by atoms with van der Waals surface area (Å²) >= 11 is 0. The number of aryl methyl sites for hydroxylation is 1. The van der Waals surface area contributed by atoms with Crippen molar-refractivity contribution < 1.29 is 4.79 Å². The first-order valence-electron chi connectivity index (χ1n) is 7.23. The number of nitrogens with zero attached hydrogens (tertiary/aromatic N) is 3. The summed E-state index contributed by atoms with van der Waals surface area (Å²) in [5.74, 6) is 0. The van der Waals surface area contributed by atoms with Gasteiger partial charge in [0.15, 0.2) is 6.29 Å². The van der Waals surface area contributed by atoms with Crippen LogP contribution in [0.5, 0.6) is 0 Å². The molecule has 3 rings (SSSR count). The standard InChI is InChI=1S/C18H17N3O/c1-14-7-9-16(10-8-14)12-21-18(17(13-22)19-20-21)11-15-5-3-2-4-6-15/h2-10,13H,11-12H2,1H3. The molecule has 22 heavy (non-hydrogen) atoms. The lowest BCUT2D eigenvalue weighted by Gasteiger charge is -2.07. The summed E-state index contributed by atoms with van der Waals surface area (Å²) in [4.78, 5) is 11.2. The first kappa shape index (κ1) is 14.2. The summed E-state index contributed by atoms with van der Waals surface area (Å²) < 4.78 is 1.81. The minimum Gasteiger partial charge on any atom is -0.296 e. The number of hydrogen-bond acceptors (Lipinski definition) is 3. The lowest BCUT2D eigenvalue weighted by atomic mass is 10.1. The molecular weight excluding hydrogens is 274 g/mol. The highest BCUT2D eigenvalue weighted by atomic mass is 16.1. The summed E-state index contributed by atoms with van der Waals surface area (Å²) in [6.07, 6.45) is 1.42. The van der Waals surface area contributed by atoms with Crippen LogP contribution in [0, 0.1) is 6.92 Å². The number of aromatic nitrogens is 3. The van der Waals surface area contributed by atoms with E-state index in [0.29, 0.717) is 18.7 Å². The molecular formula is C18H17N3O. The van der Waals surface area contributed by atoms with E-state index in [1.807, 2.05) is 30.3 Å². The number of rotatable bonds is 5. The topological polar surface area (TPSA) is 47.8 Å². The number of hydrogen-bond donors (Lipinski definition) is 0. The first-order chi connectivity index (χ1) is 10.8. The Kier molecular flexibility index (Phi) is 4.10. The Morgan fingerprint density at radius 2 is 1.73 bits per heavy atom. The SMILES string of the molecule is Cc1ccc(Cn2nnc(C=O)c2Cc2ccccc2)cc1. The third-order valence-electron chi connectivity index (χ3n) is 3.65. The van der Waals surface area contributed by atoms with E-state index in [0.717, 1.165) is 23.1 Å². The molecule has 0 spiro atoms. The normalized spacial score (nSPS) is 10.6. The molecule has 1 aromatic heterocycles. The van der Waals surface area contributed by atoms with Crippen LogP contribution < -0.4 is 0 Å². The van der Waals surface area contributed by atoms with Crippen molar-refractivity contribution in [1.29, 1.82) is 0 Å². The van der Waals surface area contributed by atoms with Crippen molar-refractivity contribution in [2.45, 2.75) is 19.9 Å². The predicted molar refractivity (Wildman–Crippen MR) is 84.9 cm³/mol. The lowest BCUT2D eigenvalue weighted by Crippen LogP contribution is -2.08. The van der Waals surface area contributed by atoms with Gasteiger partial charge in [0.1, 0.15) is 5.69 Å². The van der Waals surface area contributed by atoms with Crippen molar-refractivity contribution in [3.8, 4) is 0 Å². The molecule has 0 bridgehead atoms. The van der Waals surface area contributed by atoms with Gasteiger partial charge in [-0.25, -0.2) is 4.68 Å². The van der Waals surface area contributed by atoms with Crippen LogP contribution in [-0.2, 0) is 13.0 Å². The third-order valence-corrected chi connectivity index (χ3v) is 3.65. The van der Waals surface area contributed by atoms with Crippen molar-refractivity contribution >= 4 is 6.29 Å². The molecule has 0 fully saturated rings. The Bertz CT molecular complexity index is 761. The highest BCUT2D eigenvalue weighted by molar-refractivity contribution is 5.73. The molecule has 110 valence electrons. The Morgan fingerprint density at radius 3 is 2.41 bits per heavy atom. The van der Waals surface area contributed by atoms with E-state index in [9.17, 15) is 4.79 Å². The highest BCUT2D eigenvalue weighted by Gasteiger charge is 2.13. The van der Waals surface area contributed by atoms with Crippen LogP contribution in [0.4, 0.5) is 0 Å². The van der Waals surface area contributed by atoms with Gasteiger partial charge < -0.3 is 0 Å². The zero-order chi connectivity index (χ0) is 15.4. The van der Waals surface area contributed by atoms with Gasteiger partial charge in [-0.1, -0.05) is 65.4 Å². The van der Waals surface area contributed by atoms with Crippen LogP contribution in [-0.4, -0.2) is 21.3 Å². The average molecular weight is 291 g/mol. The molecule has 3 aromatic rings. The minimum atomic E-state index is 0.413. The molecule has 0 atom stereocenters. The summed E-state index contributed by atoms with van der Waals surface area (Å²) in [7, 11) is 0. The smallest absolute Gasteiger partial charge is 0.172 e. The molecule has 0 radical (unpaired) electrons. The summed E-state index contributed by atoms with van der Waals surface area (Å²) in [6.45, 7) is 2.67. The fourth-order valence-electron chi connectivity index (χ4n) is 2.40. The van der Waals surface area contributed by atoms with Crippen LogP contribution in [0.25, 0.3) is 0 Å². The number of aldehydes is 1. The number of carbonyl (C=O) groups excluding carboxylic acids is 1. The molecule has 0 aliphatic carbocycles. The molecule has 0 unspecified atom stereocenters. The number of carbonyl (C=O) groups is 1. The van der Waals surface area contributed by atoms with Crippen molar-refractivity contribution in [3.05, 3.63) is 82.7 Å². The van der Waals surface area contributed by atoms with Crippen LogP contribution in [0.2, 0.25) is 0 Å². The van der Waals surface area contributed by atoms with E-state index in [1.165, 1.54) is 5.56 Å². The second kappa shape index (κ2) is 6.35. The van der Waals surface area contributed by atoms with Gasteiger partial charge in [0.2, 0.25) is 0 Å². The number of benzene rings is 2. The van der Waals surface area contributed by atoms with Crippen LogP contribution >= 0.6 is 0 Å². The maximum atomic E-state index is 11.2. The second-order valence-electron chi connectivity index (χ2n) is 5.34. The van der Waals surface area contributed by atoms with E-state index >= 15 is 0 Å². The predicted octanol–water partition coefficient (Wildman–Crippen LogP) is 3.04. The third kappa shape index (κ3) is 3.11. The van der Waals surface area contributed by atoms with Gasteiger partial charge in [-0.05, 0) is 18.1 Å². The summed E-state index contributed by atoms with van der Waals surface area (Å²) in [5, 5.41) is 8.13. The minimum absolute atomic E-state index is 0.413. The quantitative estimate of drug-likeness (QED) is 0.679. The van der Waals surface area contributed by atoms with Crippen LogP contribution in [0.15, 0.2) is 54.6 Å². The molecule has 1 heterocycles. The Hall–Kier alpha value is -2.75. The zero-order valence-corrected chi connectivity index (χ0v) is 12.4. The van der Waals surface area contributed by atoms with Crippen LogP contribution in [0.3, 0.4) is 0 Å². The highest BCUT2D eigenvalue weighted by Crippen LogP contribution is 2.13. The monoisotopic (exact) mass is 291 g/mol. The van der Waals surface area contributed by atoms with Crippen molar-refractivity contribution in [2.75, 3.05) is 0 Å². The van der Waals surface area contributed by atoms with Crippen molar-refractivity contribution in [2.24, 2.45) is 0 Å². The molecule has 0 aliphatic heterocycles. The molecule has 0 N–H and O–H groups in total. The average Bonchev–Trinajstić information content (AvgIpc) is 2.92. The molecule has 2 aromatic carbocycles. The summed E-state index contributed by atoms with van der Waals surface area (Å²) in [5.41, 5.74) is 4.76. The van der Waals surface area contributed by atoms with Crippen LogP contribution in [0.1, 0.15) is 32.9 Å². The van der Waals surface area contributed by atoms with Gasteiger partial charge in [-0.15, -0.1) is 5.10 Å². The van der Waals surface area contributed by atoms with Gasteiger partial charge in [0.25, 0.3) is 0 Å². The van der Waals surface area contributed by atoms with Crippen molar-refractivity contribution in [3.63, 3.8) is 0 Å². The lowest BCUT2D eigenvalue weighted by molar-refractivity contribution is 0.111. The molecule has 4 nitrogen and oxygen atoms in total. The molecule has 0 amide bonds. The first-order valence-corrected chi connectivity index (χ1v) is 7.23. The molecule has 0 saturated heterocycles. The van der Waals surface area contributed by atoms with Gasteiger partial charge in [-0.2, -0.15) is 0 Å². The van der Waals surface area contributed by atoms with E-state index in [2.05, 4.69) is 41.5 Å². The fourth-order valence-corrected chi connectivity index (χ4v) is 2.40. The molecule has 0 saturated carbocycles. The Morgan fingerprint density at radius 1 is 1.00 bits per heavy atom. The second-order valence-corrected chi connectivity index (χ2v) is 5.34. The van der Waals surface area contributed by atoms with Gasteiger partial charge in [-0.3, -0.25) is 4.79 Å². The Balaban J connectivity index is 1.89. The van der Waals surface area contributed by atoms with Gasteiger partial charge in [0.05, 0.1) is 12.2 Å². The van der Waals surface area contributed by atoms with E-state index in [-0.39, 0.29) is 0 Å². The molecule has 4 heteroatoms. The Labute approximate surface area is 129 Å². The van der Waals surface area contributed by atoms with E-state index in [1.54, 1.807) is 4.68 Å². The zero-order valence-electron chi connectivity index (χ0n) is 12.4. The fraction of sp³-hybridized carbons (Fsp3) is 0.167. The van der Waals surface area contributed by atoms with Crippen molar-refractivity contribution in [1.82, 2.24) is 15.0 Å². The maximum absolute atomic E-state index is 11.2.